The molecular weight excluding hydrogens is 244 g/mol. The van der Waals surface area contributed by atoms with Crippen molar-refractivity contribution in [2.75, 3.05) is 11.4 Å². The molecule has 2 aromatic rings. The summed E-state index contributed by atoms with van der Waals surface area (Å²) in [5, 5.41) is 0.815. The molecule has 0 amide bonds. The van der Waals surface area contributed by atoms with E-state index in [2.05, 4.69) is 29.2 Å². The van der Waals surface area contributed by atoms with Crippen LogP contribution >= 0.6 is 11.6 Å². The van der Waals surface area contributed by atoms with Crippen LogP contribution in [0.5, 0.6) is 0 Å². The van der Waals surface area contributed by atoms with Crippen LogP contribution in [0.4, 0.5) is 5.69 Å². The van der Waals surface area contributed by atoms with Gasteiger partial charge in [0.2, 0.25) is 0 Å². The van der Waals surface area contributed by atoms with Crippen LogP contribution in [0.1, 0.15) is 17.2 Å². The Balaban J connectivity index is 1.90. The largest absolute Gasteiger partial charge is 0.365 e. The van der Waals surface area contributed by atoms with Gasteiger partial charge in [0.15, 0.2) is 0 Å². The number of nitrogens with zero attached hydrogens (tertiary/aromatic N) is 1. The average molecular weight is 259 g/mol. The predicted molar refractivity (Wildman–Crippen MR) is 75.9 cm³/mol. The molecule has 3 rings (SSSR count). The SMILES string of the molecule is N[C@H]1CN(Cc2ccccc2Cl)c2ccccc21. The first-order valence-corrected chi connectivity index (χ1v) is 6.46. The molecule has 1 atom stereocenters. The molecule has 0 aromatic heterocycles. The lowest BCUT2D eigenvalue weighted by Gasteiger charge is -2.20. The Kier molecular flexibility index (Phi) is 2.98. The average Bonchev–Trinajstić information content (AvgIpc) is 2.70. The van der Waals surface area contributed by atoms with E-state index < -0.39 is 0 Å². The highest BCUT2D eigenvalue weighted by molar-refractivity contribution is 6.31. The quantitative estimate of drug-likeness (QED) is 0.895. The van der Waals surface area contributed by atoms with Crippen LogP contribution in [0, 0.1) is 0 Å². The minimum absolute atomic E-state index is 0.101. The van der Waals surface area contributed by atoms with Crippen molar-refractivity contribution in [3.63, 3.8) is 0 Å². The van der Waals surface area contributed by atoms with E-state index in [-0.39, 0.29) is 6.04 Å². The monoisotopic (exact) mass is 258 g/mol. The maximum atomic E-state index is 6.21. The number of nitrogens with two attached hydrogens (primary N) is 1. The number of halogens is 1. The molecule has 0 saturated heterocycles. The second kappa shape index (κ2) is 4.63. The third-order valence-electron chi connectivity index (χ3n) is 3.41. The Bertz CT molecular complexity index is 568. The van der Waals surface area contributed by atoms with E-state index in [0.717, 1.165) is 23.7 Å². The minimum Gasteiger partial charge on any atom is -0.365 e. The molecule has 18 heavy (non-hydrogen) atoms. The van der Waals surface area contributed by atoms with E-state index in [9.17, 15) is 0 Å². The molecule has 0 saturated carbocycles. The molecule has 0 unspecified atom stereocenters. The summed E-state index contributed by atoms with van der Waals surface area (Å²) in [6, 6.07) is 16.4. The van der Waals surface area contributed by atoms with Crippen LogP contribution in [0.2, 0.25) is 5.02 Å². The van der Waals surface area contributed by atoms with Crippen LogP contribution in [0.3, 0.4) is 0 Å². The molecule has 0 bridgehead atoms. The topological polar surface area (TPSA) is 29.3 Å². The Morgan fingerprint density at radius 3 is 2.67 bits per heavy atom. The highest BCUT2D eigenvalue weighted by atomic mass is 35.5. The van der Waals surface area contributed by atoms with Crippen molar-refractivity contribution in [3.8, 4) is 0 Å². The molecule has 2 nitrogen and oxygen atoms in total. The van der Waals surface area contributed by atoms with E-state index in [1.54, 1.807) is 0 Å². The van der Waals surface area contributed by atoms with E-state index in [1.807, 2.05) is 24.3 Å². The smallest absolute Gasteiger partial charge is 0.0493 e. The minimum atomic E-state index is 0.101. The van der Waals surface area contributed by atoms with Gasteiger partial charge in [-0.3, -0.25) is 0 Å². The summed E-state index contributed by atoms with van der Waals surface area (Å²) in [6.07, 6.45) is 0. The Labute approximate surface area is 112 Å². The van der Waals surface area contributed by atoms with Crippen LogP contribution in [0.25, 0.3) is 0 Å². The van der Waals surface area contributed by atoms with E-state index >= 15 is 0 Å². The summed E-state index contributed by atoms with van der Waals surface area (Å²) in [5.74, 6) is 0. The lowest BCUT2D eigenvalue weighted by atomic mass is 10.1. The molecular formula is C15H15ClN2. The number of anilines is 1. The predicted octanol–water partition coefficient (Wildman–Crippen LogP) is 3.36. The van der Waals surface area contributed by atoms with Crippen molar-refractivity contribution < 1.29 is 0 Å². The van der Waals surface area contributed by atoms with Gasteiger partial charge in [-0.2, -0.15) is 0 Å². The zero-order chi connectivity index (χ0) is 12.5. The van der Waals surface area contributed by atoms with Gasteiger partial charge < -0.3 is 10.6 Å². The number of rotatable bonds is 2. The number of hydrogen-bond acceptors (Lipinski definition) is 2. The zero-order valence-corrected chi connectivity index (χ0v) is 10.8. The molecule has 0 spiro atoms. The third kappa shape index (κ3) is 1.98. The lowest BCUT2D eigenvalue weighted by molar-refractivity contribution is 0.720. The summed E-state index contributed by atoms with van der Waals surface area (Å²) in [5.41, 5.74) is 9.75. The van der Waals surface area contributed by atoms with Gasteiger partial charge in [0.1, 0.15) is 0 Å². The van der Waals surface area contributed by atoms with Crippen LogP contribution in [0.15, 0.2) is 48.5 Å². The van der Waals surface area contributed by atoms with E-state index in [4.69, 9.17) is 17.3 Å². The summed E-state index contributed by atoms with van der Waals surface area (Å²) < 4.78 is 0. The van der Waals surface area contributed by atoms with Gasteiger partial charge in [0, 0.05) is 29.8 Å². The van der Waals surface area contributed by atoms with Crippen molar-refractivity contribution in [3.05, 3.63) is 64.7 Å². The van der Waals surface area contributed by atoms with Gasteiger partial charge in [-0.25, -0.2) is 0 Å². The molecule has 1 heterocycles. The summed E-state index contributed by atoms with van der Waals surface area (Å²) in [7, 11) is 0. The van der Waals surface area contributed by atoms with Crippen molar-refractivity contribution in [1.82, 2.24) is 0 Å². The van der Waals surface area contributed by atoms with Gasteiger partial charge in [-0.05, 0) is 23.3 Å². The molecule has 0 fully saturated rings. The van der Waals surface area contributed by atoms with E-state index in [1.165, 1.54) is 11.3 Å². The van der Waals surface area contributed by atoms with Gasteiger partial charge in [-0.15, -0.1) is 0 Å². The second-order valence-corrected chi connectivity index (χ2v) is 5.04. The fourth-order valence-corrected chi connectivity index (χ4v) is 2.70. The summed E-state index contributed by atoms with van der Waals surface area (Å²) >= 11 is 6.21. The molecule has 1 aliphatic rings. The molecule has 3 heteroatoms. The van der Waals surface area contributed by atoms with Crippen LogP contribution < -0.4 is 10.6 Å². The highest BCUT2D eigenvalue weighted by Crippen LogP contribution is 2.34. The third-order valence-corrected chi connectivity index (χ3v) is 3.78. The number of benzene rings is 2. The standard InChI is InChI=1S/C15H15ClN2/c16-13-7-3-1-5-11(13)9-18-10-14(17)12-6-2-4-8-15(12)18/h1-8,14H,9-10,17H2/t14-/m0/s1. The maximum Gasteiger partial charge on any atom is 0.0493 e. The number of para-hydroxylation sites is 1. The Morgan fingerprint density at radius 2 is 1.83 bits per heavy atom. The molecule has 0 aliphatic carbocycles. The van der Waals surface area contributed by atoms with Crippen molar-refractivity contribution in [2.24, 2.45) is 5.73 Å². The van der Waals surface area contributed by atoms with Crippen molar-refractivity contribution in [2.45, 2.75) is 12.6 Å². The maximum absolute atomic E-state index is 6.21. The number of fused-ring (bicyclic) bond motifs is 1. The molecule has 0 radical (unpaired) electrons. The van der Waals surface area contributed by atoms with Gasteiger partial charge in [0.25, 0.3) is 0 Å². The van der Waals surface area contributed by atoms with Gasteiger partial charge >= 0.3 is 0 Å². The van der Waals surface area contributed by atoms with Crippen LogP contribution in [-0.2, 0) is 6.54 Å². The summed E-state index contributed by atoms with van der Waals surface area (Å²) in [6.45, 7) is 1.66. The zero-order valence-electron chi connectivity index (χ0n) is 10.0. The number of hydrogen-bond donors (Lipinski definition) is 1. The van der Waals surface area contributed by atoms with Gasteiger partial charge in [-0.1, -0.05) is 48.0 Å². The lowest BCUT2D eigenvalue weighted by Crippen LogP contribution is -2.24. The first kappa shape index (κ1) is 11.6. The van der Waals surface area contributed by atoms with Crippen molar-refractivity contribution >= 4 is 17.3 Å². The van der Waals surface area contributed by atoms with Crippen LogP contribution in [-0.4, -0.2) is 6.54 Å². The van der Waals surface area contributed by atoms with Gasteiger partial charge in [0.05, 0.1) is 0 Å². The fourth-order valence-electron chi connectivity index (χ4n) is 2.51. The highest BCUT2D eigenvalue weighted by Gasteiger charge is 2.25. The normalized spacial score (nSPS) is 17.9. The van der Waals surface area contributed by atoms with Crippen molar-refractivity contribution in [1.29, 1.82) is 0 Å². The Hall–Kier alpha value is -1.51. The fraction of sp³-hybridized carbons (Fsp3) is 0.200. The second-order valence-electron chi connectivity index (χ2n) is 4.64. The summed E-state index contributed by atoms with van der Waals surface area (Å²) in [4.78, 5) is 2.29. The molecule has 92 valence electrons. The first-order chi connectivity index (χ1) is 8.75. The molecule has 2 aromatic carbocycles. The molecule has 2 N–H and O–H groups in total. The van der Waals surface area contributed by atoms with E-state index in [0.29, 0.717) is 0 Å². The Morgan fingerprint density at radius 1 is 1.11 bits per heavy atom. The molecule has 1 aliphatic heterocycles. The first-order valence-electron chi connectivity index (χ1n) is 6.08.